The summed E-state index contributed by atoms with van der Waals surface area (Å²) < 4.78 is 5.79. The van der Waals surface area contributed by atoms with Crippen molar-refractivity contribution in [3.63, 3.8) is 0 Å². The van der Waals surface area contributed by atoms with E-state index in [9.17, 15) is 14.4 Å². The Labute approximate surface area is 152 Å². The van der Waals surface area contributed by atoms with Crippen LogP contribution in [0.4, 0.5) is 5.69 Å². The summed E-state index contributed by atoms with van der Waals surface area (Å²) in [7, 11) is 0. The first-order valence-electron chi connectivity index (χ1n) is 7.25. The van der Waals surface area contributed by atoms with Gasteiger partial charge in [0.25, 0.3) is 11.8 Å². The van der Waals surface area contributed by atoms with Gasteiger partial charge in [-0.2, -0.15) is 0 Å². The largest absolute Gasteiger partial charge is 0.452 e. The smallest absolute Gasteiger partial charge is 0.331 e. The fourth-order valence-electron chi connectivity index (χ4n) is 1.92. The number of halogens is 1. The summed E-state index contributed by atoms with van der Waals surface area (Å²) in [5.41, 5.74) is 6.49. The Kier molecular flexibility index (Phi) is 6.47. The molecule has 0 fully saturated rings. The third kappa shape index (κ3) is 5.89. The quantitative estimate of drug-likeness (QED) is 0.573. The van der Waals surface area contributed by atoms with Crippen molar-refractivity contribution < 1.29 is 19.1 Å². The summed E-state index contributed by atoms with van der Waals surface area (Å²) in [6.45, 7) is -0.476. The minimum absolute atomic E-state index is 0.178. The number of primary amides is 1. The number of ether oxygens (including phenoxy) is 1. The van der Waals surface area contributed by atoms with E-state index in [2.05, 4.69) is 21.2 Å². The van der Waals surface area contributed by atoms with Crippen LogP contribution in [0.15, 0.2) is 59.1 Å². The Bertz CT molecular complexity index is 816. The van der Waals surface area contributed by atoms with Gasteiger partial charge in [-0.05, 0) is 35.9 Å². The fraction of sp³-hybridized carbons (Fsp3) is 0.0556. The SMILES string of the molecule is NC(=O)c1ccccc1NC(=O)COC(=O)/C=C/c1ccc(Br)cc1. The predicted octanol–water partition coefficient (Wildman–Crippen LogP) is 2.74. The van der Waals surface area contributed by atoms with Crippen molar-refractivity contribution in [3.05, 3.63) is 70.2 Å². The first kappa shape index (κ1) is 18.4. The Balaban J connectivity index is 1.86. The molecule has 0 saturated heterocycles. The number of anilines is 1. The molecule has 2 aromatic rings. The molecule has 3 N–H and O–H groups in total. The Hall–Kier alpha value is -2.93. The number of carbonyl (C=O) groups is 3. The van der Waals surface area contributed by atoms with E-state index < -0.39 is 24.4 Å². The topological polar surface area (TPSA) is 98.5 Å². The van der Waals surface area contributed by atoms with E-state index >= 15 is 0 Å². The van der Waals surface area contributed by atoms with Crippen LogP contribution >= 0.6 is 15.9 Å². The van der Waals surface area contributed by atoms with Gasteiger partial charge >= 0.3 is 5.97 Å². The van der Waals surface area contributed by atoms with Gasteiger partial charge in [0, 0.05) is 10.5 Å². The Morgan fingerprint density at radius 1 is 1.08 bits per heavy atom. The zero-order chi connectivity index (χ0) is 18.2. The van der Waals surface area contributed by atoms with Gasteiger partial charge in [0.1, 0.15) is 0 Å². The molecule has 0 heterocycles. The van der Waals surface area contributed by atoms with E-state index in [1.165, 1.54) is 18.2 Å². The lowest BCUT2D eigenvalue weighted by Gasteiger charge is -2.08. The van der Waals surface area contributed by atoms with Gasteiger partial charge in [0.05, 0.1) is 11.3 Å². The van der Waals surface area contributed by atoms with Gasteiger partial charge < -0.3 is 15.8 Å². The van der Waals surface area contributed by atoms with Crippen molar-refractivity contribution in [2.45, 2.75) is 0 Å². The van der Waals surface area contributed by atoms with Crippen LogP contribution < -0.4 is 11.1 Å². The molecule has 0 aromatic heterocycles. The lowest BCUT2D eigenvalue weighted by atomic mass is 10.1. The second-order valence-corrected chi connectivity index (χ2v) is 5.87. The number of benzene rings is 2. The van der Waals surface area contributed by atoms with Crippen molar-refractivity contribution >= 4 is 45.5 Å². The summed E-state index contributed by atoms with van der Waals surface area (Å²) in [6.07, 6.45) is 2.81. The van der Waals surface area contributed by atoms with Gasteiger partial charge in [-0.1, -0.05) is 40.2 Å². The third-order valence-corrected chi connectivity index (χ3v) is 3.62. The van der Waals surface area contributed by atoms with E-state index in [4.69, 9.17) is 10.5 Å². The van der Waals surface area contributed by atoms with Gasteiger partial charge in [-0.15, -0.1) is 0 Å². The highest BCUT2D eigenvalue weighted by atomic mass is 79.9. The number of nitrogens with one attached hydrogen (secondary N) is 1. The van der Waals surface area contributed by atoms with Crippen molar-refractivity contribution in [3.8, 4) is 0 Å². The predicted molar refractivity (Wildman–Crippen MR) is 97.7 cm³/mol. The van der Waals surface area contributed by atoms with E-state index in [1.54, 1.807) is 18.2 Å². The van der Waals surface area contributed by atoms with E-state index in [-0.39, 0.29) is 11.3 Å². The summed E-state index contributed by atoms with van der Waals surface area (Å²) in [6, 6.07) is 13.6. The van der Waals surface area contributed by atoms with E-state index in [0.29, 0.717) is 0 Å². The number of amides is 2. The molecule has 0 saturated carbocycles. The lowest BCUT2D eigenvalue weighted by Crippen LogP contribution is -2.22. The van der Waals surface area contributed by atoms with Crippen molar-refractivity contribution in [2.24, 2.45) is 5.73 Å². The molecular weight excluding hydrogens is 388 g/mol. The highest BCUT2D eigenvalue weighted by molar-refractivity contribution is 9.10. The Morgan fingerprint density at radius 3 is 2.44 bits per heavy atom. The van der Waals surface area contributed by atoms with Gasteiger partial charge in [-0.25, -0.2) is 4.79 Å². The first-order chi connectivity index (χ1) is 12.0. The highest BCUT2D eigenvalue weighted by Crippen LogP contribution is 2.14. The minimum atomic E-state index is -0.662. The first-order valence-corrected chi connectivity index (χ1v) is 8.04. The maximum absolute atomic E-state index is 11.8. The van der Waals surface area contributed by atoms with Gasteiger partial charge in [0.2, 0.25) is 0 Å². The second kappa shape index (κ2) is 8.79. The lowest BCUT2D eigenvalue weighted by molar-refractivity contribution is -0.142. The maximum atomic E-state index is 11.8. The highest BCUT2D eigenvalue weighted by Gasteiger charge is 2.11. The second-order valence-electron chi connectivity index (χ2n) is 4.95. The molecule has 2 rings (SSSR count). The number of hydrogen-bond acceptors (Lipinski definition) is 4. The molecule has 0 spiro atoms. The zero-order valence-corrected chi connectivity index (χ0v) is 14.7. The van der Waals surface area contributed by atoms with Crippen molar-refractivity contribution in [1.29, 1.82) is 0 Å². The van der Waals surface area contributed by atoms with Crippen LogP contribution in [0.1, 0.15) is 15.9 Å². The van der Waals surface area contributed by atoms with Crippen LogP contribution in [-0.4, -0.2) is 24.4 Å². The molecule has 0 unspecified atom stereocenters. The summed E-state index contributed by atoms with van der Waals surface area (Å²) in [5.74, 6) is -1.88. The number of esters is 1. The molecule has 0 aliphatic carbocycles. The monoisotopic (exact) mass is 402 g/mol. The van der Waals surface area contributed by atoms with E-state index in [1.807, 2.05) is 24.3 Å². The fourth-order valence-corrected chi connectivity index (χ4v) is 2.18. The number of rotatable bonds is 6. The molecule has 0 bridgehead atoms. The molecular formula is C18H15BrN2O4. The van der Waals surface area contributed by atoms with Gasteiger partial charge in [0.15, 0.2) is 6.61 Å². The molecule has 0 atom stereocenters. The molecule has 128 valence electrons. The van der Waals surface area contributed by atoms with Crippen LogP contribution in [0.5, 0.6) is 0 Å². The molecule has 7 heteroatoms. The molecule has 2 amide bonds. The average Bonchev–Trinajstić information content (AvgIpc) is 2.59. The van der Waals surface area contributed by atoms with Crippen LogP contribution in [0.3, 0.4) is 0 Å². The minimum Gasteiger partial charge on any atom is -0.452 e. The van der Waals surface area contributed by atoms with E-state index in [0.717, 1.165) is 10.0 Å². The molecule has 2 aromatic carbocycles. The molecule has 25 heavy (non-hydrogen) atoms. The molecule has 0 aliphatic heterocycles. The van der Waals surface area contributed by atoms with Crippen molar-refractivity contribution in [2.75, 3.05) is 11.9 Å². The van der Waals surface area contributed by atoms with Crippen LogP contribution in [0.25, 0.3) is 6.08 Å². The van der Waals surface area contributed by atoms with Crippen molar-refractivity contribution in [1.82, 2.24) is 0 Å². The summed E-state index contributed by atoms with van der Waals surface area (Å²) in [4.78, 5) is 34.8. The number of para-hydroxylation sites is 1. The number of carbonyl (C=O) groups excluding carboxylic acids is 3. The maximum Gasteiger partial charge on any atom is 0.331 e. The summed E-state index contributed by atoms with van der Waals surface area (Å²) >= 11 is 3.32. The zero-order valence-electron chi connectivity index (χ0n) is 13.1. The summed E-state index contributed by atoms with van der Waals surface area (Å²) in [5, 5.41) is 2.48. The molecule has 0 aliphatic rings. The number of nitrogens with two attached hydrogens (primary N) is 1. The third-order valence-electron chi connectivity index (χ3n) is 3.09. The molecule has 6 nitrogen and oxygen atoms in total. The van der Waals surface area contributed by atoms with Crippen LogP contribution in [-0.2, 0) is 14.3 Å². The van der Waals surface area contributed by atoms with Crippen LogP contribution in [0.2, 0.25) is 0 Å². The van der Waals surface area contributed by atoms with Crippen LogP contribution in [0, 0.1) is 0 Å². The Morgan fingerprint density at radius 2 is 1.76 bits per heavy atom. The van der Waals surface area contributed by atoms with Gasteiger partial charge in [-0.3, -0.25) is 9.59 Å². The standard InChI is InChI=1S/C18H15BrN2O4/c19-13-8-5-12(6-9-13)7-10-17(23)25-11-16(22)21-15-4-2-1-3-14(15)18(20)24/h1-10H,11H2,(H2,20,24)(H,21,22)/b10-7+. The number of hydrogen-bond donors (Lipinski definition) is 2. The molecule has 0 radical (unpaired) electrons. The average molecular weight is 403 g/mol. The normalized spacial score (nSPS) is 10.4.